The molecule has 114 valence electrons. The molecule has 0 radical (unpaired) electrons. The fraction of sp³-hybridized carbons (Fsp3) is 0.647. The molecule has 0 amide bonds. The topological polar surface area (TPSA) is 15.3 Å². The van der Waals surface area contributed by atoms with Crippen molar-refractivity contribution in [2.45, 2.75) is 52.5 Å². The molecule has 0 unspecified atom stereocenters. The molecule has 0 heterocycles. The standard InChI is InChI=1S/C17H32N2Si/c1-15(2)19(3)13-7-12-18-14-16-8-10-17(11-9-16)20(4,5)6/h8-11,15,18H,7,12-14H2,1-6H3. The third-order valence-corrected chi connectivity index (χ3v) is 5.96. The van der Waals surface area contributed by atoms with E-state index in [1.54, 1.807) is 5.19 Å². The molecule has 0 saturated heterocycles. The minimum Gasteiger partial charge on any atom is -0.313 e. The Balaban J connectivity index is 2.26. The van der Waals surface area contributed by atoms with Crippen molar-refractivity contribution in [3.05, 3.63) is 29.8 Å². The van der Waals surface area contributed by atoms with E-state index in [-0.39, 0.29) is 0 Å². The fourth-order valence-electron chi connectivity index (χ4n) is 2.07. The first-order valence-corrected chi connectivity index (χ1v) is 11.3. The Bertz CT molecular complexity index is 379. The van der Waals surface area contributed by atoms with Crippen LogP contribution in [0.4, 0.5) is 0 Å². The highest BCUT2D eigenvalue weighted by Gasteiger charge is 2.15. The third-order valence-electron chi connectivity index (χ3n) is 3.90. The van der Waals surface area contributed by atoms with Crippen molar-refractivity contribution < 1.29 is 0 Å². The number of benzene rings is 1. The lowest BCUT2D eigenvalue weighted by molar-refractivity contribution is 0.269. The van der Waals surface area contributed by atoms with Crippen LogP contribution in [-0.2, 0) is 6.54 Å². The van der Waals surface area contributed by atoms with E-state index >= 15 is 0 Å². The molecule has 0 bridgehead atoms. The van der Waals surface area contributed by atoms with Gasteiger partial charge in [0.05, 0.1) is 8.07 Å². The van der Waals surface area contributed by atoms with Gasteiger partial charge < -0.3 is 10.2 Å². The van der Waals surface area contributed by atoms with Crippen LogP contribution in [-0.4, -0.2) is 39.2 Å². The maximum Gasteiger partial charge on any atom is 0.0775 e. The maximum atomic E-state index is 3.54. The largest absolute Gasteiger partial charge is 0.313 e. The summed E-state index contributed by atoms with van der Waals surface area (Å²) in [5.74, 6) is 0. The quantitative estimate of drug-likeness (QED) is 0.585. The smallest absolute Gasteiger partial charge is 0.0775 e. The second kappa shape index (κ2) is 7.96. The summed E-state index contributed by atoms with van der Waals surface area (Å²) in [5, 5.41) is 5.08. The van der Waals surface area contributed by atoms with Gasteiger partial charge in [-0.05, 0) is 46.0 Å². The Kier molecular flexibility index (Phi) is 6.93. The van der Waals surface area contributed by atoms with Gasteiger partial charge in [0, 0.05) is 12.6 Å². The monoisotopic (exact) mass is 292 g/mol. The molecule has 20 heavy (non-hydrogen) atoms. The lowest BCUT2D eigenvalue weighted by Gasteiger charge is -2.20. The molecule has 1 aromatic rings. The van der Waals surface area contributed by atoms with E-state index in [4.69, 9.17) is 0 Å². The maximum absolute atomic E-state index is 3.54. The summed E-state index contributed by atoms with van der Waals surface area (Å²) in [6.07, 6.45) is 1.21. The molecule has 0 aromatic heterocycles. The van der Waals surface area contributed by atoms with Gasteiger partial charge >= 0.3 is 0 Å². The highest BCUT2D eigenvalue weighted by molar-refractivity contribution is 6.88. The van der Waals surface area contributed by atoms with Crippen LogP contribution in [0.1, 0.15) is 25.8 Å². The highest BCUT2D eigenvalue weighted by atomic mass is 28.3. The molecule has 0 saturated carbocycles. The van der Waals surface area contributed by atoms with Crippen molar-refractivity contribution in [2.24, 2.45) is 0 Å². The molecule has 0 aliphatic heterocycles. The van der Waals surface area contributed by atoms with Gasteiger partial charge in [-0.15, -0.1) is 0 Å². The van der Waals surface area contributed by atoms with Gasteiger partial charge in [0.2, 0.25) is 0 Å². The Hall–Kier alpha value is -0.643. The Labute approximate surface area is 126 Å². The normalized spacial score (nSPS) is 12.4. The molecule has 0 atom stereocenters. The van der Waals surface area contributed by atoms with Gasteiger partial charge in [-0.3, -0.25) is 0 Å². The molecule has 3 heteroatoms. The summed E-state index contributed by atoms with van der Waals surface area (Å²) < 4.78 is 0. The van der Waals surface area contributed by atoms with Gasteiger partial charge in [-0.2, -0.15) is 0 Å². The molecular weight excluding hydrogens is 260 g/mol. The van der Waals surface area contributed by atoms with Crippen LogP contribution in [0.25, 0.3) is 0 Å². The first kappa shape index (κ1) is 17.4. The summed E-state index contributed by atoms with van der Waals surface area (Å²) in [6.45, 7) is 14.9. The second-order valence-electron chi connectivity index (χ2n) is 7.05. The minimum absolute atomic E-state index is 0.643. The van der Waals surface area contributed by atoms with Crippen molar-refractivity contribution in [2.75, 3.05) is 20.1 Å². The van der Waals surface area contributed by atoms with Crippen molar-refractivity contribution in [1.82, 2.24) is 10.2 Å². The molecule has 0 fully saturated rings. The Morgan fingerprint density at radius 3 is 2.20 bits per heavy atom. The van der Waals surface area contributed by atoms with Gasteiger partial charge in [0.25, 0.3) is 0 Å². The molecule has 1 N–H and O–H groups in total. The van der Waals surface area contributed by atoms with Crippen molar-refractivity contribution >= 4 is 13.3 Å². The number of hydrogen-bond donors (Lipinski definition) is 1. The van der Waals surface area contributed by atoms with Gasteiger partial charge in [0.1, 0.15) is 0 Å². The van der Waals surface area contributed by atoms with Crippen LogP contribution in [0.15, 0.2) is 24.3 Å². The molecule has 0 aliphatic rings. The van der Waals surface area contributed by atoms with Crippen molar-refractivity contribution in [3.63, 3.8) is 0 Å². The van der Waals surface area contributed by atoms with E-state index in [0.717, 1.165) is 13.1 Å². The number of nitrogens with one attached hydrogen (secondary N) is 1. The predicted molar refractivity (Wildman–Crippen MR) is 93.5 cm³/mol. The summed E-state index contributed by atoms with van der Waals surface area (Å²) in [7, 11) is 1.04. The molecular formula is C17H32N2Si. The van der Waals surface area contributed by atoms with Gasteiger partial charge in [0.15, 0.2) is 0 Å². The Morgan fingerprint density at radius 2 is 1.70 bits per heavy atom. The number of rotatable bonds is 8. The second-order valence-corrected chi connectivity index (χ2v) is 12.1. The predicted octanol–water partition coefficient (Wildman–Crippen LogP) is 3.05. The van der Waals surface area contributed by atoms with Crippen LogP contribution >= 0.6 is 0 Å². The first-order chi connectivity index (χ1) is 9.30. The average Bonchev–Trinajstić information content (AvgIpc) is 2.37. The zero-order chi connectivity index (χ0) is 15.2. The number of nitrogens with zero attached hydrogens (tertiary/aromatic N) is 1. The lowest BCUT2D eigenvalue weighted by Crippen LogP contribution is -2.37. The molecule has 1 rings (SSSR count). The molecule has 2 nitrogen and oxygen atoms in total. The van der Waals surface area contributed by atoms with Crippen LogP contribution in [0.2, 0.25) is 19.6 Å². The first-order valence-electron chi connectivity index (χ1n) is 7.81. The minimum atomic E-state index is -1.15. The van der Waals surface area contributed by atoms with E-state index in [0.29, 0.717) is 6.04 Å². The van der Waals surface area contributed by atoms with Gasteiger partial charge in [-0.1, -0.05) is 49.1 Å². The van der Waals surface area contributed by atoms with Crippen LogP contribution in [0.5, 0.6) is 0 Å². The summed E-state index contributed by atoms with van der Waals surface area (Å²) in [4.78, 5) is 2.39. The van der Waals surface area contributed by atoms with Gasteiger partial charge in [-0.25, -0.2) is 0 Å². The Morgan fingerprint density at radius 1 is 1.10 bits per heavy atom. The molecule has 0 aliphatic carbocycles. The summed E-state index contributed by atoms with van der Waals surface area (Å²) in [5.41, 5.74) is 1.39. The zero-order valence-corrected chi connectivity index (χ0v) is 15.2. The van der Waals surface area contributed by atoms with Crippen molar-refractivity contribution in [1.29, 1.82) is 0 Å². The van der Waals surface area contributed by atoms with E-state index < -0.39 is 8.07 Å². The lowest BCUT2D eigenvalue weighted by atomic mass is 10.2. The van der Waals surface area contributed by atoms with Crippen LogP contribution in [0.3, 0.4) is 0 Å². The van der Waals surface area contributed by atoms with Crippen LogP contribution < -0.4 is 10.5 Å². The third kappa shape index (κ3) is 6.20. The van der Waals surface area contributed by atoms with Crippen LogP contribution in [0, 0.1) is 0 Å². The average molecular weight is 293 g/mol. The van der Waals surface area contributed by atoms with Crippen molar-refractivity contribution in [3.8, 4) is 0 Å². The fourth-order valence-corrected chi connectivity index (χ4v) is 3.23. The number of hydrogen-bond acceptors (Lipinski definition) is 2. The SMILES string of the molecule is CC(C)N(C)CCCNCc1ccc([Si](C)(C)C)cc1. The molecule has 0 spiro atoms. The summed E-state index contributed by atoms with van der Waals surface area (Å²) >= 11 is 0. The van der Waals surface area contributed by atoms with E-state index in [1.165, 1.54) is 18.5 Å². The van der Waals surface area contributed by atoms with E-state index in [9.17, 15) is 0 Å². The molecule has 1 aromatic carbocycles. The summed E-state index contributed by atoms with van der Waals surface area (Å²) in [6, 6.07) is 9.83. The van der Waals surface area contributed by atoms with E-state index in [2.05, 4.69) is 75.0 Å². The van der Waals surface area contributed by atoms with E-state index in [1.807, 2.05) is 0 Å². The zero-order valence-electron chi connectivity index (χ0n) is 14.2. The highest BCUT2D eigenvalue weighted by Crippen LogP contribution is 2.04.